The van der Waals surface area contributed by atoms with Crippen LogP contribution in [0.1, 0.15) is 19.3 Å². The Morgan fingerprint density at radius 1 is 1.61 bits per heavy atom. The fourth-order valence-electron chi connectivity index (χ4n) is 2.56. The Bertz CT molecular complexity index is 344. The van der Waals surface area contributed by atoms with Crippen LogP contribution in [0.5, 0.6) is 0 Å². The van der Waals surface area contributed by atoms with Crippen LogP contribution in [-0.2, 0) is 4.79 Å². The molecule has 2 fully saturated rings. The van der Waals surface area contributed by atoms with Crippen LogP contribution in [0.25, 0.3) is 0 Å². The molecule has 0 aromatic carbocycles. The zero-order valence-corrected chi connectivity index (χ0v) is 13.1. The van der Waals surface area contributed by atoms with Crippen molar-refractivity contribution in [3.8, 4) is 0 Å². The van der Waals surface area contributed by atoms with E-state index in [9.17, 15) is 9.59 Å². The van der Waals surface area contributed by atoms with Crippen LogP contribution in [0.3, 0.4) is 0 Å². The highest BCUT2D eigenvalue weighted by atomic mass is 32.2. The standard InChI is InChI=1S/C10H19N3O3SSi/c14-9(15)5(13-18)2-1-3-7-8-6(4-17-7)11-10(16)12-8/h5-8,13H,1-4H2,18H3,(H,14,15)(H2,11,12,16)/t5?,6-,7-,8-/m0/s1. The number of carbonyl (C=O) groups excluding carboxylic acids is 1. The van der Waals surface area contributed by atoms with Crippen LogP contribution >= 0.6 is 11.8 Å². The number of thioether (sulfide) groups is 1. The van der Waals surface area contributed by atoms with Crippen molar-refractivity contribution in [3.63, 3.8) is 0 Å². The van der Waals surface area contributed by atoms with E-state index in [0.717, 1.165) is 18.6 Å². The predicted octanol–water partition coefficient (Wildman–Crippen LogP) is -1.35. The summed E-state index contributed by atoms with van der Waals surface area (Å²) in [5, 5.41) is 15.2. The number of carbonyl (C=O) groups is 2. The Morgan fingerprint density at radius 3 is 3.06 bits per heavy atom. The van der Waals surface area contributed by atoms with E-state index in [-0.39, 0.29) is 18.1 Å². The maximum atomic E-state index is 11.2. The third kappa shape index (κ3) is 2.98. The lowest BCUT2D eigenvalue weighted by Crippen LogP contribution is -2.37. The van der Waals surface area contributed by atoms with Crippen molar-refractivity contribution in [3.05, 3.63) is 0 Å². The molecule has 0 spiro atoms. The second-order valence-corrected chi connectivity index (χ2v) is 6.58. The summed E-state index contributed by atoms with van der Waals surface area (Å²) in [6.07, 6.45) is 2.50. The first-order chi connectivity index (χ1) is 8.61. The first-order valence-electron chi connectivity index (χ1n) is 6.20. The molecule has 1 unspecified atom stereocenters. The summed E-state index contributed by atoms with van der Waals surface area (Å²) in [5.74, 6) is 0.188. The molecule has 8 heteroatoms. The van der Waals surface area contributed by atoms with Crippen molar-refractivity contribution in [2.45, 2.75) is 42.6 Å². The molecule has 6 nitrogen and oxygen atoms in total. The number of urea groups is 1. The number of aliphatic carboxylic acids is 1. The zero-order valence-electron chi connectivity index (χ0n) is 10.3. The third-order valence-electron chi connectivity index (χ3n) is 3.57. The first-order valence-corrected chi connectivity index (χ1v) is 8.25. The van der Waals surface area contributed by atoms with Gasteiger partial charge in [0.05, 0.1) is 28.5 Å². The molecule has 4 atom stereocenters. The smallest absolute Gasteiger partial charge is 0.320 e. The van der Waals surface area contributed by atoms with Gasteiger partial charge in [0.2, 0.25) is 0 Å². The molecule has 2 heterocycles. The Hall–Kier alpha value is -0.733. The van der Waals surface area contributed by atoms with Gasteiger partial charge in [-0.25, -0.2) is 4.79 Å². The van der Waals surface area contributed by atoms with Crippen LogP contribution in [-0.4, -0.2) is 56.6 Å². The SMILES string of the molecule is O=C1N[C@H]2[C@H](CS[C@H]2CCCC(N[SiH3])C(=O)O)N1. The van der Waals surface area contributed by atoms with Gasteiger partial charge in [-0.1, -0.05) is 6.42 Å². The van der Waals surface area contributed by atoms with Gasteiger partial charge in [0.25, 0.3) is 0 Å². The van der Waals surface area contributed by atoms with E-state index in [1.165, 1.54) is 0 Å². The quantitative estimate of drug-likeness (QED) is 0.358. The maximum absolute atomic E-state index is 11.2. The van der Waals surface area contributed by atoms with Crippen molar-refractivity contribution >= 4 is 34.2 Å². The number of fused-ring (bicyclic) bond motifs is 1. The lowest BCUT2D eigenvalue weighted by Gasteiger charge is -2.17. The number of rotatable bonds is 6. The van der Waals surface area contributed by atoms with E-state index in [1.54, 1.807) is 0 Å². The molecule has 0 saturated carbocycles. The second-order valence-electron chi connectivity index (χ2n) is 4.73. The molecule has 2 aliphatic rings. The molecule has 2 amide bonds. The molecule has 4 N–H and O–H groups in total. The molecular formula is C10H19N3O3SSi. The summed E-state index contributed by atoms with van der Waals surface area (Å²) >= 11 is 1.87. The Morgan fingerprint density at radius 2 is 2.39 bits per heavy atom. The Labute approximate surface area is 113 Å². The van der Waals surface area contributed by atoms with Gasteiger partial charge in [-0.05, 0) is 12.8 Å². The number of amides is 2. The molecular weight excluding hydrogens is 270 g/mol. The van der Waals surface area contributed by atoms with Crippen LogP contribution < -0.4 is 15.6 Å². The molecule has 0 radical (unpaired) electrons. The number of nitrogens with one attached hydrogen (secondary N) is 3. The zero-order chi connectivity index (χ0) is 13.1. The molecule has 2 saturated heterocycles. The summed E-state index contributed by atoms with van der Waals surface area (Å²) in [5.41, 5.74) is 0. The summed E-state index contributed by atoms with van der Waals surface area (Å²) < 4.78 is 0. The van der Waals surface area contributed by atoms with Crippen LogP contribution in [0.2, 0.25) is 0 Å². The highest BCUT2D eigenvalue weighted by molar-refractivity contribution is 8.00. The Balaban J connectivity index is 1.74. The van der Waals surface area contributed by atoms with Gasteiger partial charge in [-0.2, -0.15) is 11.8 Å². The van der Waals surface area contributed by atoms with Crippen LogP contribution in [0.15, 0.2) is 0 Å². The fourth-order valence-corrected chi connectivity index (χ4v) is 4.64. The van der Waals surface area contributed by atoms with Crippen molar-refractivity contribution in [2.24, 2.45) is 0 Å². The topological polar surface area (TPSA) is 90.5 Å². The third-order valence-corrected chi connectivity index (χ3v) is 5.77. The van der Waals surface area contributed by atoms with Crippen molar-refractivity contribution in [2.75, 3.05) is 5.75 Å². The highest BCUT2D eigenvalue weighted by Crippen LogP contribution is 2.33. The fraction of sp³-hybridized carbons (Fsp3) is 0.800. The molecule has 18 heavy (non-hydrogen) atoms. The molecule has 0 aromatic heterocycles. The second kappa shape index (κ2) is 5.94. The molecule has 2 rings (SSSR count). The van der Waals surface area contributed by atoms with E-state index in [2.05, 4.69) is 15.6 Å². The molecule has 0 aromatic rings. The molecule has 0 aliphatic carbocycles. The lowest BCUT2D eigenvalue weighted by atomic mass is 10.0. The Kier molecular flexibility index (Phi) is 4.52. The van der Waals surface area contributed by atoms with Crippen LogP contribution in [0, 0.1) is 0 Å². The van der Waals surface area contributed by atoms with Gasteiger partial charge in [-0.3, -0.25) is 4.79 Å². The lowest BCUT2D eigenvalue weighted by molar-refractivity contribution is -0.139. The van der Waals surface area contributed by atoms with E-state index < -0.39 is 12.0 Å². The van der Waals surface area contributed by atoms with E-state index in [4.69, 9.17) is 5.11 Å². The minimum absolute atomic E-state index is 0.0695. The largest absolute Gasteiger partial charge is 0.480 e. The van der Waals surface area contributed by atoms with Gasteiger partial charge in [0, 0.05) is 11.0 Å². The molecule has 0 bridgehead atoms. The number of carboxylic acids is 1. The van der Waals surface area contributed by atoms with E-state index in [0.29, 0.717) is 22.1 Å². The highest BCUT2D eigenvalue weighted by Gasteiger charge is 2.42. The summed E-state index contributed by atoms with van der Waals surface area (Å²) in [6, 6.07) is -0.00989. The van der Waals surface area contributed by atoms with Gasteiger partial charge in [-0.15, -0.1) is 0 Å². The molecule has 2 aliphatic heterocycles. The normalized spacial score (nSPS) is 31.8. The predicted molar refractivity (Wildman–Crippen MR) is 73.8 cm³/mol. The summed E-state index contributed by atoms with van der Waals surface area (Å²) in [4.78, 5) is 25.0. The van der Waals surface area contributed by atoms with Crippen LogP contribution in [0.4, 0.5) is 4.79 Å². The van der Waals surface area contributed by atoms with Gasteiger partial charge < -0.3 is 20.7 Å². The minimum atomic E-state index is -0.766. The van der Waals surface area contributed by atoms with Gasteiger partial charge >= 0.3 is 12.0 Å². The van der Waals surface area contributed by atoms with Crippen molar-refractivity contribution in [1.29, 1.82) is 0 Å². The minimum Gasteiger partial charge on any atom is -0.480 e. The average molecular weight is 289 g/mol. The number of hydrogen-bond donors (Lipinski definition) is 4. The average Bonchev–Trinajstić information content (AvgIpc) is 2.84. The summed E-state index contributed by atoms with van der Waals surface area (Å²) in [7, 11) is 0.694. The number of hydrogen-bond acceptors (Lipinski definition) is 4. The first kappa shape index (κ1) is 13.7. The maximum Gasteiger partial charge on any atom is 0.320 e. The molecule has 102 valence electrons. The summed E-state index contributed by atoms with van der Waals surface area (Å²) in [6.45, 7) is 0. The van der Waals surface area contributed by atoms with Gasteiger partial charge in [0.1, 0.15) is 0 Å². The van der Waals surface area contributed by atoms with E-state index >= 15 is 0 Å². The van der Waals surface area contributed by atoms with Crippen molar-refractivity contribution < 1.29 is 14.7 Å². The monoisotopic (exact) mass is 289 g/mol. The number of carboxylic acid groups (broad SMARTS) is 1. The van der Waals surface area contributed by atoms with Crippen molar-refractivity contribution in [1.82, 2.24) is 15.6 Å². The van der Waals surface area contributed by atoms with Gasteiger partial charge in [0.15, 0.2) is 0 Å². The van der Waals surface area contributed by atoms with E-state index in [1.807, 2.05) is 11.8 Å².